The Morgan fingerprint density at radius 1 is 1.27 bits per heavy atom. The van der Waals surface area contributed by atoms with E-state index in [9.17, 15) is 0 Å². The van der Waals surface area contributed by atoms with Gasteiger partial charge in [-0.1, -0.05) is 20.3 Å². The number of rotatable bonds is 7. The maximum atomic E-state index is 7.54. The van der Waals surface area contributed by atoms with Crippen molar-refractivity contribution in [3.63, 3.8) is 0 Å². The molecule has 0 aromatic heterocycles. The molecule has 6 nitrogen and oxygen atoms in total. The lowest BCUT2D eigenvalue weighted by atomic mass is 10.1. The predicted octanol–water partition coefficient (Wildman–Crippen LogP) is 1.25. The monoisotopic (exact) mass is 168 g/mol. The van der Waals surface area contributed by atoms with Crippen molar-refractivity contribution in [2.75, 3.05) is 6.61 Å². The molecule has 0 fully saturated rings. The molecule has 0 saturated carbocycles. The maximum Gasteiger partial charge on any atom is 0.0880 e. The van der Waals surface area contributed by atoms with Crippen LogP contribution in [0.15, 0.2) is 0 Å². The first-order chi connectivity index (χ1) is 5.31. The normalized spacial score (nSPS) is 13.4. The molecule has 1 atom stereocenters. The van der Waals surface area contributed by atoms with Gasteiger partial charge in [-0.25, -0.2) is 10.1 Å². The van der Waals surface area contributed by atoms with Gasteiger partial charge in [-0.05, 0) is 26.1 Å². The lowest BCUT2D eigenvalue weighted by Crippen LogP contribution is -2.06. The van der Waals surface area contributed by atoms with Crippen LogP contribution in [0.5, 0.6) is 0 Å². The Morgan fingerprint density at radius 2 is 2.00 bits per heavy atom. The lowest BCUT2D eigenvalue weighted by Gasteiger charge is -2.04. The van der Waals surface area contributed by atoms with Crippen LogP contribution in [0.3, 0.4) is 0 Å². The van der Waals surface area contributed by atoms with E-state index in [1.165, 1.54) is 0 Å². The van der Waals surface area contributed by atoms with Crippen molar-refractivity contribution in [1.82, 2.24) is 0 Å². The molecule has 0 bridgehead atoms. The Kier molecular flexibility index (Phi) is 7.69. The first-order valence-electron chi connectivity index (χ1n) is 3.24. The van der Waals surface area contributed by atoms with Crippen LogP contribution in [-0.2, 0) is 25.0 Å². The van der Waals surface area contributed by atoms with Crippen molar-refractivity contribution >= 4 is 0 Å². The largest absolute Gasteiger partial charge is 0.219 e. The molecular formula is C5H12O6. The van der Waals surface area contributed by atoms with Gasteiger partial charge in [0.05, 0.1) is 6.61 Å². The summed E-state index contributed by atoms with van der Waals surface area (Å²) < 4.78 is 0. The van der Waals surface area contributed by atoms with E-state index >= 15 is 0 Å². The average Bonchev–Trinajstić information content (AvgIpc) is 2.04. The van der Waals surface area contributed by atoms with Crippen molar-refractivity contribution in [3.05, 3.63) is 0 Å². The summed E-state index contributed by atoms with van der Waals surface area (Å²) >= 11 is 0. The number of hydrogen-bond acceptors (Lipinski definition) is 6. The Balaban J connectivity index is 2.89. The van der Waals surface area contributed by atoms with E-state index in [0.29, 0.717) is 12.5 Å². The molecule has 0 heterocycles. The Labute approximate surface area is 64.2 Å². The quantitative estimate of drug-likeness (QED) is 0.350. The van der Waals surface area contributed by atoms with Crippen LogP contribution in [-0.4, -0.2) is 11.9 Å². The van der Waals surface area contributed by atoms with Crippen molar-refractivity contribution < 1.29 is 30.3 Å². The second kappa shape index (κ2) is 7.86. The highest BCUT2D eigenvalue weighted by molar-refractivity contribution is 4.42. The van der Waals surface area contributed by atoms with Gasteiger partial charge in [-0.3, -0.25) is 0 Å². The highest BCUT2D eigenvalue weighted by Crippen LogP contribution is 2.00. The van der Waals surface area contributed by atoms with E-state index in [-0.39, 0.29) is 0 Å². The van der Waals surface area contributed by atoms with Crippen molar-refractivity contribution in [2.24, 2.45) is 5.92 Å². The second-order valence-corrected chi connectivity index (χ2v) is 2.08. The SMILES string of the molecule is CCC(C)COOOOOO. The molecule has 68 valence electrons. The van der Waals surface area contributed by atoms with Crippen LogP contribution < -0.4 is 0 Å². The molecule has 0 aliphatic heterocycles. The van der Waals surface area contributed by atoms with Gasteiger partial charge in [-0.2, -0.15) is 0 Å². The molecule has 1 N–H and O–H groups in total. The van der Waals surface area contributed by atoms with Gasteiger partial charge in [-0.15, -0.1) is 0 Å². The molecule has 11 heavy (non-hydrogen) atoms. The van der Waals surface area contributed by atoms with Crippen LogP contribution in [0.4, 0.5) is 0 Å². The van der Waals surface area contributed by atoms with Crippen molar-refractivity contribution in [1.29, 1.82) is 0 Å². The van der Waals surface area contributed by atoms with Gasteiger partial charge >= 0.3 is 0 Å². The molecule has 1 unspecified atom stereocenters. The minimum Gasteiger partial charge on any atom is -0.219 e. The fourth-order valence-electron chi connectivity index (χ4n) is 0.305. The topological polar surface area (TPSA) is 66.4 Å². The van der Waals surface area contributed by atoms with Gasteiger partial charge in [0.2, 0.25) is 0 Å². The molecule has 0 aliphatic rings. The minimum absolute atomic E-state index is 0.369. The zero-order chi connectivity index (χ0) is 8.53. The Bertz CT molecular complexity index is 77.4. The van der Waals surface area contributed by atoms with Gasteiger partial charge < -0.3 is 0 Å². The standard InChI is InChI=1S/C5H12O6/c1-3-5(2)4-7-9-11-10-8-6/h5-6H,3-4H2,1-2H3. The van der Waals surface area contributed by atoms with Crippen LogP contribution in [0.2, 0.25) is 0 Å². The third-order valence-corrected chi connectivity index (χ3v) is 1.18. The first-order valence-corrected chi connectivity index (χ1v) is 3.24. The van der Waals surface area contributed by atoms with Gasteiger partial charge in [0.25, 0.3) is 0 Å². The van der Waals surface area contributed by atoms with Crippen LogP contribution in [0, 0.1) is 5.92 Å². The summed E-state index contributed by atoms with van der Waals surface area (Å²) in [4.78, 5) is 4.45. The third kappa shape index (κ3) is 7.66. The Hall–Kier alpha value is -0.240. The van der Waals surface area contributed by atoms with Crippen molar-refractivity contribution in [2.45, 2.75) is 20.3 Å². The highest BCUT2D eigenvalue weighted by atomic mass is 17.8. The van der Waals surface area contributed by atoms with E-state index in [1.54, 1.807) is 0 Å². The highest BCUT2D eigenvalue weighted by Gasteiger charge is 1.99. The first kappa shape index (κ1) is 10.8. The van der Waals surface area contributed by atoms with E-state index in [1.807, 2.05) is 13.8 Å². The van der Waals surface area contributed by atoms with E-state index in [2.05, 4.69) is 25.0 Å². The molecular weight excluding hydrogens is 156 g/mol. The molecule has 0 amide bonds. The van der Waals surface area contributed by atoms with Gasteiger partial charge in [0.15, 0.2) is 0 Å². The zero-order valence-corrected chi connectivity index (χ0v) is 6.48. The summed E-state index contributed by atoms with van der Waals surface area (Å²) in [6.07, 6.45) is 0.973. The van der Waals surface area contributed by atoms with Crippen molar-refractivity contribution in [3.8, 4) is 0 Å². The second-order valence-electron chi connectivity index (χ2n) is 2.08. The zero-order valence-electron chi connectivity index (χ0n) is 6.48. The smallest absolute Gasteiger partial charge is 0.0880 e. The summed E-state index contributed by atoms with van der Waals surface area (Å²) in [7, 11) is 0. The average molecular weight is 168 g/mol. The number of hydrogen-bond donors (Lipinski definition) is 1. The van der Waals surface area contributed by atoms with Gasteiger partial charge in [0, 0.05) is 0 Å². The van der Waals surface area contributed by atoms with Crippen LogP contribution in [0.25, 0.3) is 0 Å². The Morgan fingerprint density at radius 3 is 2.55 bits per heavy atom. The summed E-state index contributed by atoms with van der Waals surface area (Å²) in [6, 6.07) is 0. The van der Waals surface area contributed by atoms with Gasteiger partial charge in [0.1, 0.15) is 0 Å². The molecule has 0 radical (unpaired) electrons. The molecule has 6 heteroatoms. The van der Waals surface area contributed by atoms with E-state index in [0.717, 1.165) is 6.42 Å². The molecule has 0 aromatic carbocycles. The molecule has 0 saturated heterocycles. The minimum atomic E-state index is 0.369. The van der Waals surface area contributed by atoms with Crippen LogP contribution in [0.1, 0.15) is 20.3 Å². The summed E-state index contributed by atoms with van der Waals surface area (Å²) in [6.45, 7) is 4.38. The fourth-order valence-corrected chi connectivity index (χ4v) is 0.305. The van der Waals surface area contributed by atoms with Crippen LogP contribution >= 0.6 is 0 Å². The van der Waals surface area contributed by atoms with E-state index in [4.69, 9.17) is 5.26 Å². The fraction of sp³-hybridized carbons (Fsp3) is 1.00. The molecule has 0 rings (SSSR count). The molecule has 0 aliphatic carbocycles. The van der Waals surface area contributed by atoms with E-state index < -0.39 is 0 Å². The summed E-state index contributed by atoms with van der Waals surface area (Å²) in [5, 5.41) is 21.7. The maximum absolute atomic E-state index is 7.54. The summed E-state index contributed by atoms with van der Waals surface area (Å²) in [5.41, 5.74) is 0. The third-order valence-electron chi connectivity index (χ3n) is 1.18. The molecule has 0 aromatic rings. The molecule has 0 spiro atoms. The summed E-state index contributed by atoms with van der Waals surface area (Å²) in [5.74, 6) is 0.369. The lowest BCUT2D eigenvalue weighted by molar-refractivity contribution is -0.753. The predicted molar refractivity (Wildman–Crippen MR) is 32.4 cm³/mol.